The maximum atomic E-state index is 13.8. The van der Waals surface area contributed by atoms with Gasteiger partial charge in [-0.05, 0) is 29.3 Å². The molecule has 3 aromatic rings. The molecule has 2 atom stereocenters. The standard InChI is InChI=1S/C28H28N4O3/c1-2-15-30-19-26(34)32-24(16-20-10-12-23(33)13-11-20)28(35)31(18-25(30)32)17-22-9-6-14-29-27(22)21-7-4-3-5-8-21/h2-14,24-25,33H,1,15-19H2/t24-,25+/m0/s1. The van der Waals surface area contributed by atoms with E-state index >= 15 is 0 Å². The molecule has 0 bridgehead atoms. The summed E-state index contributed by atoms with van der Waals surface area (Å²) in [6.07, 6.45) is 3.73. The second-order valence-corrected chi connectivity index (χ2v) is 8.98. The van der Waals surface area contributed by atoms with Gasteiger partial charge in [0.05, 0.1) is 18.8 Å². The Labute approximate surface area is 204 Å². The number of hydrogen-bond acceptors (Lipinski definition) is 5. The number of nitrogens with zero attached hydrogens (tertiary/aromatic N) is 4. The molecule has 35 heavy (non-hydrogen) atoms. The Morgan fingerprint density at radius 1 is 1.03 bits per heavy atom. The van der Waals surface area contributed by atoms with E-state index in [2.05, 4.69) is 16.5 Å². The largest absolute Gasteiger partial charge is 0.508 e. The Hall–Kier alpha value is -3.97. The molecule has 7 heteroatoms. The predicted molar refractivity (Wildman–Crippen MR) is 133 cm³/mol. The van der Waals surface area contributed by atoms with Crippen molar-refractivity contribution in [1.82, 2.24) is 19.7 Å². The number of carbonyl (C=O) groups excluding carboxylic acids is 2. The third-order valence-electron chi connectivity index (χ3n) is 6.71. The van der Waals surface area contributed by atoms with Gasteiger partial charge in [-0.2, -0.15) is 0 Å². The minimum atomic E-state index is -0.613. The Morgan fingerprint density at radius 3 is 2.54 bits per heavy atom. The average molecular weight is 469 g/mol. The fraction of sp³-hybridized carbons (Fsp3) is 0.250. The first-order valence-corrected chi connectivity index (χ1v) is 11.8. The number of amides is 2. The normalized spacial score (nSPS) is 20.2. The Balaban J connectivity index is 1.48. The van der Waals surface area contributed by atoms with Crippen LogP contribution in [-0.4, -0.2) is 68.4 Å². The summed E-state index contributed by atoms with van der Waals surface area (Å²) in [6.45, 7) is 5.52. The van der Waals surface area contributed by atoms with Crippen molar-refractivity contribution in [3.8, 4) is 17.0 Å². The molecule has 0 radical (unpaired) electrons. The summed E-state index contributed by atoms with van der Waals surface area (Å²) in [6, 6.07) is 20.0. The van der Waals surface area contributed by atoms with Gasteiger partial charge in [-0.25, -0.2) is 0 Å². The number of piperazine rings is 1. The molecule has 5 rings (SSSR count). The number of aromatic nitrogens is 1. The van der Waals surface area contributed by atoms with Crippen LogP contribution in [0.5, 0.6) is 5.75 Å². The van der Waals surface area contributed by atoms with Gasteiger partial charge < -0.3 is 14.9 Å². The van der Waals surface area contributed by atoms with E-state index in [1.165, 1.54) is 0 Å². The van der Waals surface area contributed by atoms with Crippen molar-refractivity contribution in [2.45, 2.75) is 25.2 Å². The molecule has 1 aromatic heterocycles. The molecule has 0 spiro atoms. The second-order valence-electron chi connectivity index (χ2n) is 8.98. The van der Waals surface area contributed by atoms with Gasteiger partial charge in [0, 0.05) is 31.3 Å². The summed E-state index contributed by atoms with van der Waals surface area (Å²) in [4.78, 5) is 37.1. The molecule has 2 aliphatic heterocycles. The van der Waals surface area contributed by atoms with E-state index in [0.717, 1.165) is 22.4 Å². The van der Waals surface area contributed by atoms with Crippen molar-refractivity contribution in [1.29, 1.82) is 0 Å². The van der Waals surface area contributed by atoms with Gasteiger partial charge >= 0.3 is 0 Å². The lowest BCUT2D eigenvalue weighted by molar-refractivity contribution is -0.154. The number of fused-ring (bicyclic) bond motifs is 1. The van der Waals surface area contributed by atoms with E-state index in [1.807, 2.05) is 47.4 Å². The molecule has 2 aliphatic rings. The van der Waals surface area contributed by atoms with E-state index in [-0.39, 0.29) is 30.3 Å². The van der Waals surface area contributed by atoms with E-state index in [9.17, 15) is 14.7 Å². The van der Waals surface area contributed by atoms with E-state index in [0.29, 0.717) is 26.1 Å². The van der Waals surface area contributed by atoms with Crippen molar-refractivity contribution < 1.29 is 14.7 Å². The number of phenolic OH excluding ortho intramolecular Hbond substituents is 1. The number of hydrogen-bond donors (Lipinski definition) is 1. The first-order valence-electron chi connectivity index (χ1n) is 11.8. The van der Waals surface area contributed by atoms with Crippen LogP contribution in [0.15, 0.2) is 85.6 Å². The zero-order valence-corrected chi connectivity index (χ0v) is 19.5. The van der Waals surface area contributed by atoms with Gasteiger partial charge in [0.1, 0.15) is 18.0 Å². The molecular formula is C28H28N4O3. The Morgan fingerprint density at radius 2 is 1.80 bits per heavy atom. The number of benzene rings is 2. The minimum Gasteiger partial charge on any atom is -0.508 e. The van der Waals surface area contributed by atoms with Crippen molar-refractivity contribution in [2.75, 3.05) is 19.6 Å². The van der Waals surface area contributed by atoms with Crippen LogP contribution in [0.25, 0.3) is 11.3 Å². The SMILES string of the molecule is C=CCN1CC(=O)N2[C@@H]1CN(Cc1cccnc1-c1ccccc1)C(=O)[C@@H]2Cc1ccc(O)cc1. The third-order valence-corrected chi connectivity index (χ3v) is 6.71. The summed E-state index contributed by atoms with van der Waals surface area (Å²) in [5.41, 5.74) is 3.70. The molecule has 2 amide bonds. The van der Waals surface area contributed by atoms with Crippen LogP contribution >= 0.6 is 0 Å². The average Bonchev–Trinajstić information content (AvgIpc) is 3.18. The Bertz CT molecular complexity index is 1230. The topological polar surface area (TPSA) is 77.0 Å². The molecule has 7 nitrogen and oxygen atoms in total. The van der Waals surface area contributed by atoms with Crippen molar-refractivity contribution in [2.24, 2.45) is 0 Å². The summed E-state index contributed by atoms with van der Waals surface area (Å²) >= 11 is 0. The van der Waals surface area contributed by atoms with E-state index in [4.69, 9.17) is 0 Å². The quantitative estimate of drug-likeness (QED) is 0.540. The fourth-order valence-electron chi connectivity index (χ4n) is 5.07. The van der Waals surface area contributed by atoms with Crippen molar-refractivity contribution >= 4 is 11.8 Å². The van der Waals surface area contributed by atoms with Crippen LogP contribution in [0.4, 0.5) is 0 Å². The van der Waals surface area contributed by atoms with Gasteiger partial charge in [-0.1, -0.05) is 54.6 Å². The zero-order chi connectivity index (χ0) is 24.4. The summed E-state index contributed by atoms with van der Waals surface area (Å²) in [5, 5.41) is 9.67. The molecule has 1 N–H and O–H groups in total. The Kier molecular flexibility index (Phi) is 6.33. The highest BCUT2D eigenvalue weighted by Gasteiger charge is 2.49. The minimum absolute atomic E-state index is 0.0417. The van der Waals surface area contributed by atoms with Gasteiger partial charge in [0.15, 0.2) is 0 Å². The highest BCUT2D eigenvalue weighted by molar-refractivity contribution is 5.91. The van der Waals surface area contributed by atoms with Crippen LogP contribution in [0, 0.1) is 0 Å². The lowest BCUT2D eigenvalue weighted by Crippen LogP contribution is -2.63. The lowest BCUT2D eigenvalue weighted by atomic mass is 9.99. The molecule has 0 saturated carbocycles. The summed E-state index contributed by atoms with van der Waals surface area (Å²) in [7, 11) is 0. The monoisotopic (exact) mass is 468 g/mol. The number of rotatable bonds is 7. The third kappa shape index (κ3) is 4.55. The van der Waals surface area contributed by atoms with E-state index < -0.39 is 6.04 Å². The first kappa shape index (κ1) is 22.8. The van der Waals surface area contributed by atoms with Gasteiger partial charge in [0.2, 0.25) is 11.8 Å². The first-order chi connectivity index (χ1) is 17.0. The lowest BCUT2D eigenvalue weighted by Gasteiger charge is -2.44. The maximum Gasteiger partial charge on any atom is 0.246 e. The number of pyridine rings is 1. The number of carbonyl (C=O) groups is 2. The van der Waals surface area contributed by atoms with Crippen molar-refractivity contribution in [3.63, 3.8) is 0 Å². The van der Waals surface area contributed by atoms with Gasteiger partial charge in [-0.3, -0.25) is 19.5 Å². The van der Waals surface area contributed by atoms with E-state index in [1.54, 1.807) is 41.4 Å². The highest BCUT2D eigenvalue weighted by atomic mass is 16.3. The molecular weight excluding hydrogens is 440 g/mol. The van der Waals surface area contributed by atoms with Crippen LogP contribution in [0.2, 0.25) is 0 Å². The number of phenols is 1. The second kappa shape index (κ2) is 9.72. The molecule has 178 valence electrons. The van der Waals surface area contributed by atoms with Gasteiger partial charge in [0.25, 0.3) is 0 Å². The fourth-order valence-corrected chi connectivity index (χ4v) is 5.07. The molecule has 2 aromatic carbocycles. The number of aromatic hydroxyl groups is 1. The molecule has 2 fully saturated rings. The molecule has 2 saturated heterocycles. The van der Waals surface area contributed by atoms with Crippen LogP contribution in [0.1, 0.15) is 11.1 Å². The summed E-state index contributed by atoms with van der Waals surface area (Å²) < 4.78 is 0. The van der Waals surface area contributed by atoms with Crippen LogP contribution < -0.4 is 0 Å². The molecule has 3 heterocycles. The van der Waals surface area contributed by atoms with Gasteiger partial charge in [-0.15, -0.1) is 6.58 Å². The maximum absolute atomic E-state index is 13.8. The predicted octanol–water partition coefficient (Wildman–Crippen LogP) is 3.06. The molecule has 0 unspecified atom stereocenters. The molecule has 0 aliphatic carbocycles. The zero-order valence-electron chi connectivity index (χ0n) is 19.5. The highest BCUT2D eigenvalue weighted by Crippen LogP contribution is 2.30. The van der Waals surface area contributed by atoms with Crippen molar-refractivity contribution in [3.05, 3.63) is 96.7 Å². The summed E-state index contributed by atoms with van der Waals surface area (Å²) in [5.74, 6) is 0.0497. The van der Waals surface area contributed by atoms with Crippen LogP contribution in [0.3, 0.4) is 0 Å². The van der Waals surface area contributed by atoms with Crippen LogP contribution in [-0.2, 0) is 22.6 Å². The smallest absolute Gasteiger partial charge is 0.246 e.